The molecule has 30 heavy (non-hydrogen) atoms. The molecule has 4 saturated carbocycles. The maximum absolute atomic E-state index is 10.5. The normalized spacial score (nSPS) is 62.5. The zero-order valence-corrected chi connectivity index (χ0v) is 19.7. The average molecular weight is 417 g/mol. The van der Waals surface area contributed by atoms with Gasteiger partial charge in [0.25, 0.3) is 0 Å². The lowest BCUT2D eigenvalue weighted by Crippen LogP contribution is -2.55. The van der Waals surface area contributed by atoms with Crippen LogP contribution in [0.2, 0.25) is 0 Å². The number of fused-ring (bicyclic) bond motifs is 7. The van der Waals surface area contributed by atoms with Gasteiger partial charge in [-0.3, -0.25) is 0 Å². The number of ether oxygens (including phenoxy) is 2. The summed E-state index contributed by atoms with van der Waals surface area (Å²) < 4.78 is 13.4. The molecular weight excluding hydrogens is 372 g/mol. The fourth-order valence-corrected chi connectivity index (χ4v) is 10.3. The summed E-state index contributed by atoms with van der Waals surface area (Å²) in [5.74, 6) is 4.90. The molecule has 3 heteroatoms. The molecule has 0 aromatic heterocycles. The Labute approximate surface area is 183 Å². The van der Waals surface area contributed by atoms with Gasteiger partial charge < -0.3 is 14.6 Å². The Morgan fingerprint density at radius 3 is 2.43 bits per heavy atom. The number of aliphatic hydroxyl groups is 1. The molecule has 2 unspecified atom stereocenters. The summed E-state index contributed by atoms with van der Waals surface area (Å²) in [6, 6.07) is 0. The highest BCUT2D eigenvalue weighted by molar-refractivity contribution is 5.15. The summed E-state index contributed by atoms with van der Waals surface area (Å²) in [7, 11) is 0. The van der Waals surface area contributed by atoms with E-state index in [2.05, 4.69) is 27.7 Å². The molecule has 2 aliphatic heterocycles. The molecule has 12 atom stereocenters. The van der Waals surface area contributed by atoms with Crippen LogP contribution in [0.25, 0.3) is 0 Å². The van der Waals surface area contributed by atoms with Crippen molar-refractivity contribution in [1.29, 1.82) is 0 Å². The van der Waals surface area contributed by atoms with Crippen molar-refractivity contribution in [1.82, 2.24) is 0 Å². The van der Waals surface area contributed by atoms with Crippen LogP contribution in [0.4, 0.5) is 0 Å². The molecule has 2 saturated heterocycles. The molecule has 0 bridgehead atoms. The minimum Gasteiger partial charge on any atom is -0.393 e. The van der Waals surface area contributed by atoms with Gasteiger partial charge in [0.2, 0.25) is 0 Å². The molecule has 0 aromatic rings. The van der Waals surface area contributed by atoms with E-state index in [0.29, 0.717) is 34.7 Å². The molecular formula is C27H44O3. The zero-order chi connectivity index (χ0) is 20.9. The Bertz CT molecular complexity index is 684. The largest absolute Gasteiger partial charge is 0.393 e. The summed E-state index contributed by atoms with van der Waals surface area (Å²) in [6.45, 7) is 10.8. The Morgan fingerprint density at radius 2 is 1.67 bits per heavy atom. The van der Waals surface area contributed by atoms with Gasteiger partial charge in [-0.1, -0.05) is 27.7 Å². The smallest absolute Gasteiger partial charge is 0.171 e. The van der Waals surface area contributed by atoms with Crippen LogP contribution in [-0.2, 0) is 9.47 Å². The Morgan fingerprint density at radius 1 is 0.867 bits per heavy atom. The van der Waals surface area contributed by atoms with E-state index in [1.165, 1.54) is 44.9 Å². The summed E-state index contributed by atoms with van der Waals surface area (Å²) in [4.78, 5) is 0. The minimum absolute atomic E-state index is 0.0599. The number of aliphatic hydroxyl groups excluding tert-OH is 1. The zero-order valence-electron chi connectivity index (χ0n) is 19.7. The van der Waals surface area contributed by atoms with Crippen LogP contribution in [0.1, 0.15) is 91.9 Å². The third-order valence-electron chi connectivity index (χ3n) is 11.9. The fraction of sp³-hybridized carbons (Fsp3) is 1.00. The highest BCUT2D eigenvalue weighted by Gasteiger charge is 2.69. The van der Waals surface area contributed by atoms with Gasteiger partial charge >= 0.3 is 0 Å². The molecule has 3 nitrogen and oxygen atoms in total. The van der Waals surface area contributed by atoms with E-state index in [0.717, 1.165) is 49.5 Å². The molecule has 170 valence electrons. The van der Waals surface area contributed by atoms with Gasteiger partial charge in [-0.2, -0.15) is 0 Å². The van der Waals surface area contributed by atoms with Gasteiger partial charge in [-0.05, 0) is 104 Å². The quantitative estimate of drug-likeness (QED) is 0.543. The second-order valence-corrected chi connectivity index (χ2v) is 13.1. The molecule has 4 aliphatic carbocycles. The van der Waals surface area contributed by atoms with E-state index in [1.807, 2.05) is 0 Å². The van der Waals surface area contributed by atoms with Crippen LogP contribution >= 0.6 is 0 Å². The number of hydrogen-bond acceptors (Lipinski definition) is 3. The summed E-state index contributed by atoms with van der Waals surface area (Å²) in [5, 5.41) is 10.5. The number of hydrogen-bond donors (Lipinski definition) is 1. The van der Waals surface area contributed by atoms with Crippen LogP contribution in [0, 0.1) is 52.3 Å². The lowest BCUT2D eigenvalue weighted by molar-refractivity contribution is -0.273. The van der Waals surface area contributed by atoms with Gasteiger partial charge in [0.1, 0.15) is 0 Å². The predicted octanol–water partition coefficient (Wildman–Crippen LogP) is 5.79. The minimum atomic E-state index is -0.288. The molecule has 6 aliphatic rings. The molecule has 6 rings (SSSR count). The van der Waals surface area contributed by atoms with E-state index < -0.39 is 0 Å². The SMILES string of the molecule is C[C@@H]1CC[C@@]2(OC1)O[C@H]1C[C@H]3[C@@H]4CCC5CCC(O)C[C@]5(C)[C@H]4CC[C@]3(C)[C@H]1[C@@H]2C. The van der Waals surface area contributed by atoms with E-state index in [9.17, 15) is 5.11 Å². The predicted molar refractivity (Wildman–Crippen MR) is 118 cm³/mol. The molecule has 0 radical (unpaired) electrons. The molecule has 1 spiro atoms. The topological polar surface area (TPSA) is 38.7 Å². The van der Waals surface area contributed by atoms with E-state index >= 15 is 0 Å². The van der Waals surface area contributed by atoms with Crippen LogP contribution in [0.15, 0.2) is 0 Å². The Kier molecular flexibility index (Phi) is 4.58. The van der Waals surface area contributed by atoms with Crippen molar-refractivity contribution >= 4 is 0 Å². The second kappa shape index (κ2) is 6.70. The van der Waals surface area contributed by atoms with Gasteiger partial charge in [0, 0.05) is 12.3 Å². The third kappa shape index (κ3) is 2.61. The molecule has 1 N–H and O–H groups in total. The first-order valence-electron chi connectivity index (χ1n) is 13.3. The van der Waals surface area contributed by atoms with E-state index in [1.54, 1.807) is 0 Å². The van der Waals surface area contributed by atoms with Gasteiger partial charge in [-0.25, -0.2) is 0 Å². The molecule has 0 amide bonds. The van der Waals surface area contributed by atoms with Crippen LogP contribution < -0.4 is 0 Å². The Hall–Kier alpha value is -0.120. The highest BCUT2D eigenvalue weighted by Crippen LogP contribution is 2.71. The van der Waals surface area contributed by atoms with Crippen LogP contribution in [-0.4, -0.2) is 29.7 Å². The monoisotopic (exact) mass is 416 g/mol. The summed E-state index contributed by atoms with van der Waals surface area (Å²) in [5.41, 5.74) is 0.785. The van der Waals surface area contributed by atoms with Crippen molar-refractivity contribution in [3.8, 4) is 0 Å². The van der Waals surface area contributed by atoms with Crippen molar-refractivity contribution < 1.29 is 14.6 Å². The maximum Gasteiger partial charge on any atom is 0.171 e. The van der Waals surface area contributed by atoms with E-state index in [4.69, 9.17) is 9.47 Å². The second-order valence-electron chi connectivity index (χ2n) is 13.1. The van der Waals surface area contributed by atoms with Crippen molar-refractivity contribution in [3.63, 3.8) is 0 Å². The molecule has 0 aromatic carbocycles. The van der Waals surface area contributed by atoms with Crippen molar-refractivity contribution in [2.24, 2.45) is 52.3 Å². The van der Waals surface area contributed by atoms with Crippen molar-refractivity contribution in [2.45, 2.75) is 110 Å². The lowest BCUT2D eigenvalue weighted by atomic mass is 9.44. The first kappa shape index (κ1) is 20.5. The Balaban J connectivity index is 1.27. The molecule has 2 heterocycles. The van der Waals surface area contributed by atoms with Crippen molar-refractivity contribution in [2.75, 3.05) is 6.61 Å². The van der Waals surface area contributed by atoms with Crippen LogP contribution in [0.5, 0.6) is 0 Å². The first-order chi connectivity index (χ1) is 14.3. The van der Waals surface area contributed by atoms with Gasteiger partial charge in [-0.15, -0.1) is 0 Å². The molecule has 6 fully saturated rings. The fourth-order valence-electron chi connectivity index (χ4n) is 10.3. The highest BCUT2D eigenvalue weighted by atomic mass is 16.7. The summed E-state index contributed by atoms with van der Waals surface area (Å²) in [6.07, 6.45) is 12.8. The lowest BCUT2D eigenvalue weighted by Gasteiger charge is -2.61. The van der Waals surface area contributed by atoms with Crippen molar-refractivity contribution in [3.05, 3.63) is 0 Å². The van der Waals surface area contributed by atoms with Gasteiger partial charge in [0.15, 0.2) is 5.79 Å². The maximum atomic E-state index is 10.5. The van der Waals surface area contributed by atoms with E-state index in [-0.39, 0.29) is 11.9 Å². The first-order valence-corrected chi connectivity index (χ1v) is 13.3. The standard InChI is InChI=1S/C27H44O3/c1-16-9-12-27(29-15-16)17(2)24-23(30-27)13-22-20-8-6-18-5-7-19(28)14-26(18,4)21(20)10-11-25(22,24)3/h16-24,28H,5-15H2,1-4H3/t16-,17+,18?,19?,20-,21+,22+,23+,24+,25+,26+,27-/m1/s1. The van der Waals surface area contributed by atoms with Crippen LogP contribution in [0.3, 0.4) is 0 Å². The average Bonchev–Trinajstić information content (AvgIpc) is 3.14. The van der Waals surface area contributed by atoms with Gasteiger partial charge in [0.05, 0.1) is 18.8 Å². The third-order valence-corrected chi connectivity index (χ3v) is 11.9. The summed E-state index contributed by atoms with van der Waals surface area (Å²) >= 11 is 0. The number of rotatable bonds is 0.